The van der Waals surface area contributed by atoms with Crippen LogP contribution >= 0.6 is 11.3 Å². The molecule has 3 nitrogen and oxygen atoms in total. The average molecular weight is 251 g/mol. The van der Waals surface area contributed by atoms with Crippen LogP contribution in [0.1, 0.15) is 10.7 Å². The fourth-order valence-corrected chi connectivity index (χ4v) is 2.59. The van der Waals surface area contributed by atoms with Gasteiger partial charge >= 0.3 is 5.97 Å². The van der Waals surface area contributed by atoms with Gasteiger partial charge in [-0.2, -0.15) is 0 Å². The smallest absolute Gasteiger partial charge is 0.310 e. The van der Waals surface area contributed by atoms with Crippen LogP contribution in [0.3, 0.4) is 0 Å². The largest absolute Gasteiger partial charge is 0.481 e. The third kappa shape index (κ3) is 2.68. The van der Waals surface area contributed by atoms with E-state index in [1.54, 1.807) is 12.1 Å². The van der Waals surface area contributed by atoms with Crippen LogP contribution in [-0.4, -0.2) is 16.1 Å². The number of carbonyl (C=O) groups is 1. The standard InChI is InChI=1S/C12H10FNO2S/c1-7-12(8-2-4-9(13)5-3-8)17-10(14-7)6-11(15)16/h2-5H,6H2,1H3,(H,15,16). The summed E-state index contributed by atoms with van der Waals surface area (Å²) in [5.74, 6) is -1.19. The predicted molar refractivity (Wildman–Crippen MR) is 63.6 cm³/mol. The molecule has 1 aromatic carbocycles. The molecule has 5 heteroatoms. The molecule has 1 N–H and O–H groups in total. The second-order valence-electron chi connectivity index (χ2n) is 3.60. The lowest BCUT2D eigenvalue weighted by molar-refractivity contribution is -0.136. The molecular formula is C12H10FNO2S. The lowest BCUT2D eigenvalue weighted by Crippen LogP contribution is -1.98. The van der Waals surface area contributed by atoms with Crippen molar-refractivity contribution in [3.05, 3.63) is 40.8 Å². The SMILES string of the molecule is Cc1nc(CC(=O)O)sc1-c1ccc(F)cc1. The van der Waals surface area contributed by atoms with E-state index >= 15 is 0 Å². The van der Waals surface area contributed by atoms with Gasteiger partial charge in [-0.3, -0.25) is 4.79 Å². The van der Waals surface area contributed by atoms with Gasteiger partial charge in [-0.1, -0.05) is 12.1 Å². The Kier molecular flexibility index (Phi) is 3.19. The van der Waals surface area contributed by atoms with E-state index in [1.165, 1.54) is 23.5 Å². The number of carboxylic acids is 1. The van der Waals surface area contributed by atoms with Crippen LogP contribution in [0.25, 0.3) is 10.4 Å². The van der Waals surface area contributed by atoms with E-state index in [-0.39, 0.29) is 12.2 Å². The predicted octanol–water partition coefficient (Wildman–Crippen LogP) is 2.88. The number of aliphatic carboxylic acids is 1. The first-order valence-electron chi connectivity index (χ1n) is 5.00. The molecule has 0 spiro atoms. The van der Waals surface area contributed by atoms with E-state index in [0.717, 1.165) is 16.1 Å². The Hall–Kier alpha value is -1.75. The summed E-state index contributed by atoms with van der Waals surface area (Å²) in [5.41, 5.74) is 1.64. The van der Waals surface area contributed by atoms with Gasteiger partial charge in [0.2, 0.25) is 0 Å². The number of rotatable bonds is 3. The molecule has 2 aromatic rings. The van der Waals surface area contributed by atoms with E-state index in [4.69, 9.17) is 5.11 Å². The van der Waals surface area contributed by atoms with Crippen LogP contribution in [0.15, 0.2) is 24.3 Å². The van der Waals surface area contributed by atoms with Gasteiger partial charge in [0.05, 0.1) is 17.0 Å². The molecule has 0 unspecified atom stereocenters. The molecule has 17 heavy (non-hydrogen) atoms. The van der Waals surface area contributed by atoms with Crippen molar-refractivity contribution in [2.75, 3.05) is 0 Å². The molecule has 0 aliphatic heterocycles. The molecule has 0 aliphatic rings. The zero-order valence-corrected chi connectivity index (χ0v) is 9.92. The number of aryl methyl sites for hydroxylation is 1. The van der Waals surface area contributed by atoms with Crippen LogP contribution in [0.4, 0.5) is 4.39 Å². The quantitative estimate of drug-likeness (QED) is 0.912. The highest BCUT2D eigenvalue weighted by Crippen LogP contribution is 2.30. The van der Waals surface area contributed by atoms with E-state index in [1.807, 2.05) is 6.92 Å². The number of hydrogen-bond donors (Lipinski definition) is 1. The van der Waals surface area contributed by atoms with E-state index in [9.17, 15) is 9.18 Å². The zero-order valence-electron chi connectivity index (χ0n) is 9.11. The van der Waals surface area contributed by atoms with Gasteiger partial charge in [0.25, 0.3) is 0 Å². The van der Waals surface area contributed by atoms with Gasteiger partial charge in [0.15, 0.2) is 0 Å². The Labute approximate surface area is 102 Å². The van der Waals surface area contributed by atoms with Crippen molar-refractivity contribution < 1.29 is 14.3 Å². The highest BCUT2D eigenvalue weighted by atomic mass is 32.1. The van der Waals surface area contributed by atoms with Crippen LogP contribution in [0.5, 0.6) is 0 Å². The maximum absolute atomic E-state index is 12.8. The van der Waals surface area contributed by atoms with E-state index < -0.39 is 5.97 Å². The maximum atomic E-state index is 12.8. The molecule has 2 rings (SSSR count). The van der Waals surface area contributed by atoms with Crippen molar-refractivity contribution in [2.24, 2.45) is 0 Å². The van der Waals surface area contributed by atoms with Crippen LogP contribution in [0.2, 0.25) is 0 Å². The van der Waals surface area contributed by atoms with Crippen molar-refractivity contribution in [1.29, 1.82) is 0 Å². The molecule has 0 bridgehead atoms. The number of benzene rings is 1. The summed E-state index contributed by atoms with van der Waals surface area (Å²) in [6.45, 7) is 1.82. The summed E-state index contributed by atoms with van der Waals surface area (Å²) in [4.78, 5) is 15.7. The van der Waals surface area contributed by atoms with E-state index in [2.05, 4.69) is 4.98 Å². The van der Waals surface area contributed by atoms with Gasteiger partial charge in [0, 0.05) is 0 Å². The molecule has 0 fully saturated rings. The molecule has 1 aromatic heterocycles. The van der Waals surface area contributed by atoms with Crippen LogP contribution < -0.4 is 0 Å². The van der Waals surface area contributed by atoms with Crippen molar-refractivity contribution in [3.63, 3.8) is 0 Å². The lowest BCUT2D eigenvalue weighted by atomic mass is 10.1. The first kappa shape index (κ1) is 11.7. The third-order valence-electron chi connectivity index (χ3n) is 2.25. The van der Waals surface area contributed by atoms with Crippen LogP contribution in [0, 0.1) is 12.7 Å². The molecule has 0 aliphatic carbocycles. The second-order valence-corrected chi connectivity index (χ2v) is 4.68. The fourth-order valence-electron chi connectivity index (χ4n) is 1.53. The molecule has 0 amide bonds. The second kappa shape index (κ2) is 4.63. The summed E-state index contributed by atoms with van der Waals surface area (Å²) >= 11 is 1.33. The minimum atomic E-state index is -0.899. The molecule has 88 valence electrons. The topological polar surface area (TPSA) is 50.2 Å². The van der Waals surface area contributed by atoms with Crippen molar-refractivity contribution >= 4 is 17.3 Å². The first-order valence-corrected chi connectivity index (χ1v) is 5.82. The zero-order chi connectivity index (χ0) is 12.4. The highest BCUT2D eigenvalue weighted by molar-refractivity contribution is 7.15. The van der Waals surface area contributed by atoms with Gasteiger partial charge in [-0.25, -0.2) is 9.37 Å². The summed E-state index contributed by atoms with van der Waals surface area (Å²) in [5, 5.41) is 9.26. The minimum absolute atomic E-state index is 0.0767. The summed E-state index contributed by atoms with van der Waals surface area (Å²) in [6.07, 6.45) is -0.0767. The Morgan fingerprint density at radius 1 is 1.41 bits per heavy atom. The molecule has 0 atom stereocenters. The van der Waals surface area contributed by atoms with Crippen LogP contribution in [-0.2, 0) is 11.2 Å². The third-order valence-corrected chi connectivity index (χ3v) is 3.46. The minimum Gasteiger partial charge on any atom is -0.481 e. The van der Waals surface area contributed by atoms with Crippen molar-refractivity contribution in [2.45, 2.75) is 13.3 Å². The number of halogens is 1. The molecule has 0 saturated heterocycles. The monoisotopic (exact) mass is 251 g/mol. The molecule has 0 saturated carbocycles. The normalized spacial score (nSPS) is 10.5. The lowest BCUT2D eigenvalue weighted by Gasteiger charge is -1.97. The van der Waals surface area contributed by atoms with E-state index in [0.29, 0.717) is 5.01 Å². The van der Waals surface area contributed by atoms with Gasteiger partial charge < -0.3 is 5.11 Å². The number of aromatic nitrogens is 1. The number of carboxylic acid groups (broad SMARTS) is 1. The number of thiazole rings is 1. The summed E-state index contributed by atoms with van der Waals surface area (Å²) < 4.78 is 12.8. The van der Waals surface area contributed by atoms with Crippen molar-refractivity contribution in [1.82, 2.24) is 4.98 Å². The van der Waals surface area contributed by atoms with Gasteiger partial charge in [-0.05, 0) is 24.6 Å². The first-order chi connectivity index (χ1) is 8.06. The number of hydrogen-bond acceptors (Lipinski definition) is 3. The maximum Gasteiger partial charge on any atom is 0.310 e. The van der Waals surface area contributed by atoms with Gasteiger partial charge in [0.1, 0.15) is 10.8 Å². The fraction of sp³-hybridized carbons (Fsp3) is 0.167. The molecule has 1 heterocycles. The highest BCUT2D eigenvalue weighted by Gasteiger charge is 2.11. The Morgan fingerprint density at radius 2 is 2.06 bits per heavy atom. The molecular weight excluding hydrogens is 241 g/mol. The number of nitrogens with zero attached hydrogens (tertiary/aromatic N) is 1. The van der Waals surface area contributed by atoms with Gasteiger partial charge in [-0.15, -0.1) is 11.3 Å². The Morgan fingerprint density at radius 3 is 2.65 bits per heavy atom. The molecule has 0 radical (unpaired) electrons. The summed E-state index contributed by atoms with van der Waals surface area (Å²) in [6, 6.07) is 6.09. The van der Waals surface area contributed by atoms with Crippen molar-refractivity contribution in [3.8, 4) is 10.4 Å². The summed E-state index contributed by atoms with van der Waals surface area (Å²) in [7, 11) is 0. The average Bonchev–Trinajstić information content (AvgIpc) is 2.59. The Balaban J connectivity index is 2.35. The Bertz CT molecular complexity index is 548.